The summed E-state index contributed by atoms with van der Waals surface area (Å²) in [6.45, 7) is 2.22. The summed E-state index contributed by atoms with van der Waals surface area (Å²) in [7, 11) is 0. The molecule has 1 saturated heterocycles. The molecule has 1 fully saturated rings. The Morgan fingerprint density at radius 2 is 2.12 bits per heavy atom. The van der Waals surface area contributed by atoms with Crippen molar-refractivity contribution in [3.05, 3.63) is 28.1 Å². The molecule has 0 amide bonds. The highest BCUT2D eigenvalue weighted by Crippen LogP contribution is 2.14. The van der Waals surface area contributed by atoms with Crippen molar-refractivity contribution in [2.45, 2.75) is 19.3 Å². The van der Waals surface area contributed by atoms with E-state index in [-0.39, 0.29) is 11.5 Å². The summed E-state index contributed by atoms with van der Waals surface area (Å²) in [5.41, 5.74) is 0.259. The molecule has 1 N–H and O–H groups in total. The molecule has 0 saturated carbocycles. The van der Waals surface area contributed by atoms with Crippen molar-refractivity contribution in [3.63, 3.8) is 0 Å². The quantitative estimate of drug-likeness (QED) is 0.490. The number of rotatable bonds is 4. The summed E-state index contributed by atoms with van der Waals surface area (Å²) in [5.74, 6) is -0.0833. The molecule has 0 spiro atoms. The van der Waals surface area contributed by atoms with Gasteiger partial charge in [0.15, 0.2) is 5.78 Å². The van der Waals surface area contributed by atoms with Crippen LogP contribution in [0.4, 0.5) is 5.69 Å². The van der Waals surface area contributed by atoms with Gasteiger partial charge in [0, 0.05) is 6.07 Å². The van der Waals surface area contributed by atoms with Gasteiger partial charge in [-0.2, -0.15) is 0 Å². The van der Waals surface area contributed by atoms with Gasteiger partial charge in [-0.15, -0.1) is 0 Å². The number of aromatic amines is 1. The first-order valence-electron chi connectivity index (χ1n) is 5.75. The molecule has 6 heteroatoms. The summed E-state index contributed by atoms with van der Waals surface area (Å²) in [6.07, 6.45) is 4.72. The van der Waals surface area contributed by atoms with Crippen LogP contribution in [0.1, 0.15) is 29.8 Å². The van der Waals surface area contributed by atoms with Gasteiger partial charge < -0.3 is 4.98 Å². The number of carbonyl (C=O) groups is 1. The third-order valence-corrected chi connectivity index (χ3v) is 2.99. The number of likely N-dealkylation sites (tertiary alicyclic amines) is 1. The molecule has 1 aliphatic rings. The summed E-state index contributed by atoms with van der Waals surface area (Å²) in [4.78, 5) is 26.6. The molecule has 1 aromatic rings. The van der Waals surface area contributed by atoms with E-state index in [0.29, 0.717) is 12.2 Å². The molecule has 2 rings (SSSR count). The van der Waals surface area contributed by atoms with E-state index in [2.05, 4.69) is 9.88 Å². The number of ketones is 1. The average Bonchev–Trinajstić information content (AvgIpc) is 2.79. The van der Waals surface area contributed by atoms with Crippen LogP contribution in [-0.2, 0) is 0 Å². The fourth-order valence-corrected chi connectivity index (χ4v) is 2.06. The van der Waals surface area contributed by atoms with Crippen LogP contribution in [0.3, 0.4) is 0 Å². The van der Waals surface area contributed by atoms with Crippen LogP contribution < -0.4 is 0 Å². The fraction of sp³-hybridized carbons (Fsp3) is 0.545. The van der Waals surface area contributed by atoms with Crippen LogP contribution in [0.15, 0.2) is 12.3 Å². The lowest BCUT2D eigenvalue weighted by molar-refractivity contribution is -0.384. The molecule has 1 aromatic heterocycles. The van der Waals surface area contributed by atoms with E-state index in [4.69, 9.17) is 0 Å². The van der Waals surface area contributed by atoms with E-state index >= 15 is 0 Å². The maximum atomic E-state index is 11.9. The molecular formula is C11H15N3O3. The van der Waals surface area contributed by atoms with Crippen molar-refractivity contribution >= 4 is 11.5 Å². The largest absolute Gasteiger partial charge is 0.353 e. The summed E-state index contributed by atoms with van der Waals surface area (Å²) in [6, 6.07) is 1.30. The van der Waals surface area contributed by atoms with Crippen molar-refractivity contribution in [1.82, 2.24) is 9.88 Å². The standard InChI is InChI=1S/C11H15N3O3/c15-11(8-13-4-2-1-3-5-13)10-6-9(7-12-10)14(16)17/h6-7,12H,1-5,8H2. The number of nitrogens with zero attached hydrogens (tertiary/aromatic N) is 2. The van der Waals surface area contributed by atoms with Crippen LogP contribution in [0.2, 0.25) is 0 Å². The van der Waals surface area contributed by atoms with Crippen molar-refractivity contribution in [2.24, 2.45) is 0 Å². The number of H-pyrrole nitrogens is 1. The van der Waals surface area contributed by atoms with Crippen molar-refractivity contribution in [1.29, 1.82) is 0 Å². The SMILES string of the molecule is O=C(CN1CCCCC1)c1cc([N+](=O)[O-])c[nH]1. The Morgan fingerprint density at radius 3 is 2.71 bits per heavy atom. The molecule has 1 aliphatic heterocycles. The predicted octanol–water partition coefficient (Wildman–Crippen LogP) is 1.59. The topological polar surface area (TPSA) is 79.2 Å². The Morgan fingerprint density at radius 1 is 1.41 bits per heavy atom. The number of nitro groups is 1. The highest BCUT2D eigenvalue weighted by Gasteiger charge is 2.18. The van der Waals surface area contributed by atoms with Gasteiger partial charge in [-0.3, -0.25) is 19.8 Å². The van der Waals surface area contributed by atoms with Gasteiger partial charge in [0.1, 0.15) is 0 Å². The second-order valence-corrected chi connectivity index (χ2v) is 4.29. The second-order valence-electron chi connectivity index (χ2n) is 4.29. The Kier molecular flexibility index (Phi) is 3.53. The van der Waals surface area contributed by atoms with Crippen LogP contribution in [0, 0.1) is 10.1 Å². The Hall–Kier alpha value is -1.69. The summed E-state index contributed by atoms with van der Waals surface area (Å²) in [5, 5.41) is 10.5. The van der Waals surface area contributed by atoms with Crippen molar-refractivity contribution in [3.8, 4) is 0 Å². The maximum absolute atomic E-state index is 11.9. The lowest BCUT2D eigenvalue weighted by Crippen LogP contribution is -2.34. The molecule has 0 unspecified atom stereocenters. The molecule has 0 atom stereocenters. The highest BCUT2D eigenvalue weighted by molar-refractivity contribution is 5.96. The third kappa shape index (κ3) is 2.91. The van der Waals surface area contributed by atoms with Crippen LogP contribution in [0.5, 0.6) is 0 Å². The molecule has 0 bridgehead atoms. The van der Waals surface area contributed by atoms with E-state index in [1.807, 2.05) is 0 Å². The van der Waals surface area contributed by atoms with Gasteiger partial charge in [0.05, 0.1) is 23.4 Å². The van der Waals surface area contributed by atoms with Gasteiger partial charge in [0.2, 0.25) is 0 Å². The lowest BCUT2D eigenvalue weighted by atomic mass is 10.1. The van der Waals surface area contributed by atoms with E-state index in [9.17, 15) is 14.9 Å². The lowest BCUT2D eigenvalue weighted by Gasteiger charge is -2.25. The molecule has 0 aromatic carbocycles. The minimum Gasteiger partial charge on any atom is -0.353 e. The number of aromatic nitrogens is 1. The van der Waals surface area contributed by atoms with Gasteiger partial charge in [-0.25, -0.2) is 0 Å². The average molecular weight is 237 g/mol. The Labute approximate surface area is 98.8 Å². The Balaban J connectivity index is 1.96. The zero-order chi connectivity index (χ0) is 12.3. The number of Topliss-reactive ketones (excluding diaryl/α,β-unsaturated/α-hetero) is 1. The number of carbonyl (C=O) groups excluding carboxylic acids is 1. The zero-order valence-electron chi connectivity index (χ0n) is 9.52. The van der Waals surface area contributed by atoms with E-state index in [0.717, 1.165) is 25.9 Å². The molecule has 0 radical (unpaired) electrons. The van der Waals surface area contributed by atoms with Gasteiger partial charge in [-0.1, -0.05) is 6.42 Å². The van der Waals surface area contributed by atoms with Crippen LogP contribution in [0.25, 0.3) is 0 Å². The number of hydrogen-bond acceptors (Lipinski definition) is 4. The van der Waals surface area contributed by atoms with Crippen molar-refractivity contribution < 1.29 is 9.72 Å². The zero-order valence-corrected chi connectivity index (χ0v) is 9.52. The van der Waals surface area contributed by atoms with E-state index in [1.165, 1.54) is 18.7 Å². The van der Waals surface area contributed by atoms with Gasteiger partial charge in [-0.05, 0) is 25.9 Å². The molecule has 17 heavy (non-hydrogen) atoms. The van der Waals surface area contributed by atoms with Crippen LogP contribution >= 0.6 is 0 Å². The summed E-state index contributed by atoms with van der Waals surface area (Å²) >= 11 is 0. The second kappa shape index (κ2) is 5.09. The van der Waals surface area contributed by atoms with E-state index in [1.54, 1.807) is 0 Å². The number of piperidine rings is 1. The first-order chi connectivity index (χ1) is 8.16. The molecular weight excluding hydrogens is 222 g/mol. The highest BCUT2D eigenvalue weighted by atomic mass is 16.6. The van der Waals surface area contributed by atoms with Gasteiger partial charge >= 0.3 is 0 Å². The smallest absolute Gasteiger partial charge is 0.287 e. The van der Waals surface area contributed by atoms with Crippen LogP contribution in [-0.4, -0.2) is 40.2 Å². The monoisotopic (exact) mass is 237 g/mol. The van der Waals surface area contributed by atoms with Gasteiger partial charge in [0.25, 0.3) is 5.69 Å². The normalized spacial score (nSPS) is 16.9. The minimum absolute atomic E-state index is 0.0630. The predicted molar refractivity (Wildman–Crippen MR) is 62.1 cm³/mol. The fourth-order valence-electron chi connectivity index (χ4n) is 2.06. The maximum Gasteiger partial charge on any atom is 0.287 e. The summed E-state index contributed by atoms with van der Waals surface area (Å²) < 4.78 is 0. The van der Waals surface area contributed by atoms with Crippen molar-refractivity contribution in [2.75, 3.05) is 19.6 Å². The third-order valence-electron chi connectivity index (χ3n) is 2.99. The first-order valence-corrected chi connectivity index (χ1v) is 5.75. The molecule has 0 aliphatic carbocycles. The molecule has 2 heterocycles. The minimum atomic E-state index is -0.506. The number of nitrogens with one attached hydrogen (secondary N) is 1. The first kappa shape index (κ1) is 11.8. The molecule has 6 nitrogen and oxygen atoms in total. The number of hydrogen-bond donors (Lipinski definition) is 1. The van der Waals surface area contributed by atoms with E-state index < -0.39 is 4.92 Å². The molecule has 92 valence electrons. The Bertz CT molecular complexity index is 421.